The Morgan fingerprint density at radius 3 is 2.70 bits per heavy atom. The molecule has 1 aromatic rings. The first-order valence-electron chi connectivity index (χ1n) is 7.98. The molecule has 3 rings (SSSR count). The fraction of sp³-hybridized carbons (Fsp3) is 0.647. The maximum atomic E-state index is 14.5. The molecule has 1 saturated carbocycles. The molecular formula is C17H25FN2. The van der Waals surface area contributed by atoms with E-state index in [1.165, 1.54) is 38.5 Å². The van der Waals surface area contributed by atoms with Gasteiger partial charge in [0.2, 0.25) is 0 Å². The van der Waals surface area contributed by atoms with Crippen molar-refractivity contribution in [3.05, 3.63) is 29.6 Å². The highest BCUT2D eigenvalue weighted by Crippen LogP contribution is 2.38. The van der Waals surface area contributed by atoms with Crippen LogP contribution in [-0.4, -0.2) is 12.6 Å². The molecule has 0 radical (unpaired) electrons. The Bertz CT molecular complexity index is 470. The highest BCUT2D eigenvalue weighted by molar-refractivity contribution is 5.51. The van der Waals surface area contributed by atoms with E-state index in [1.807, 2.05) is 19.1 Å². The van der Waals surface area contributed by atoms with Crippen LogP contribution in [-0.2, 0) is 0 Å². The SMILES string of the molecule is C[C@H](N)c1ccc(N2CCCC3CCCCC32)c(F)c1. The summed E-state index contributed by atoms with van der Waals surface area (Å²) in [4.78, 5) is 2.33. The van der Waals surface area contributed by atoms with E-state index >= 15 is 0 Å². The van der Waals surface area contributed by atoms with Gasteiger partial charge in [-0.2, -0.15) is 0 Å². The van der Waals surface area contributed by atoms with Crippen molar-refractivity contribution in [3.8, 4) is 0 Å². The fourth-order valence-electron chi connectivity index (χ4n) is 3.96. The fourth-order valence-corrected chi connectivity index (χ4v) is 3.96. The van der Waals surface area contributed by atoms with Gasteiger partial charge in [-0.3, -0.25) is 0 Å². The van der Waals surface area contributed by atoms with E-state index in [2.05, 4.69) is 4.90 Å². The van der Waals surface area contributed by atoms with Gasteiger partial charge in [0.1, 0.15) is 5.82 Å². The molecule has 1 saturated heterocycles. The van der Waals surface area contributed by atoms with Crippen molar-refractivity contribution >= 4 is 5.69 Å². The second-order valence-corrected chi connectivity index (χ2v) is 6.45. The van der Waals surface area contributed by atoms with Crippen molar-refractivity contribution in [3.63, 3.8) is 0 Å². The van der Waals surface area contributed by atoms with Crippen molar-refractivity contribution in [2.24, 2.45) is 11.7 Å². The van der Waals surface area contributed by atoms with Crippen LogP contribution in [0.25, 0.3) is 0 Å². The lowest BCUT2D eigenvalue weighted by Gasteiger charge is -2.45. The van der Waals surface area contributed by atoms with Crippen LogP contribution in [0.1, 0.15) is 57.1 Å². The molecule has 0 amide bonds. The summed E-state index contributed by atoms with van der Waals surface area (Å²) in [5.41, 5.74) is 7.50. The number of piperidine rings is 1. The summed E-state index contributed by atoms with van der Waals surface area (Å²) in [7, 11) is 0. The first kappa shape index (κ1) is 13.9. The van der Waals surface area contributed by atoms with Crippen LogP contribution in [0.5, 0.6) is 0 Å². The molecule has 110 valence electrons. The normalized spacial score (nSPS) is 28.1. The van der Waals surface area contributed by atoms with Crippen molar-refractivity contribution in [1.82, 2.24) is 0 Å². The summed E-state index contributed by atoms with van der Waals surface area (Å²) >= 11 is 0. The molecular weight excluding hydrogens is 251 g/mol. The van der Waals surface area contributed by atoms with E-state index in [1.54, 1.807) is 6.07 Å². The molecule has 2 aliphatic rings. The average molecular weight is 276 g/mol. The summed E-state index contributed by atoms with van der Waals surface area (Å²) in [6, 6.07) is 5.97. The molecule has 1 aromatic carbocycles. The second-order valence-electron chi connectivity index (χ2n) is 6.45. The lowest BCUT2D eigenvalue weighted by Crippen LogP contribution is -2.47. The van der Waals surface area contributed by atoms with Crippen LogP contribution >= 0.6 is 0 Å². The summed E-state index contributed by atoms with van der Waals surface area (Å²) in [5, 5.41) is 0. The Balaban J connectivity index is 1.87. The first-order chi connectivity index (χ1) is 9.66. The number of hydrogen-bond acceptors (Lipinski definition) is 2. The Morgan fingerprint density at radius 2 is 1.95 bits per heavy atom. The standard InChI is InChI=1S/C17H25FN2/c1-12(19)14-8-9-17(15(18)11-14)20-10-4-6-13-5-2-3-7-16(13)20/h8-9,11-13,16H,2-7,10,19H2,1H3/t12-,13?,16?/m0/s1. The first-order valence-corrected chi connectivity index (χ1v) is 7.98. The van der Waals surface area contributed by atoms with E-state index < -0.39 is 0 Å². The molecule has 2 unspecified atom stereocenters. The van der Waals surface area contributed by atoms with Crippen LogP contribution in [0.15, 0.2) is 18.2 Å². The second kappa shape index (κ2) is 5.72. The number of nitrogens with two attached hydrogens (primary N) is 1. The number of hydrogen-bond donors (Lipinski definition) is 1. The van der Waals surface area contributed by atoms with E-state index in [-0.39, 0.29) is 11.9 Å². The average Bonchev–Trinajstić information content (AvgIpc) is 2.46. The molecule has 3 heteroatoms. The molecule has 1 aliphatic heterocycles. The zero-order valence-corrected chi connectivity index (χ0v) is 12.3. The number of nitrogens with zero attached hydrogens (tertiary/aromatic N) is 1. The summed E-state index contributed by atoms with van der Waals surface area (Å²) in [5.74, 6) is 0.663. The van der Waals surface area contributed by atoms with Crippen molar-refractivity contribution in [1.29, 1.82) is 0 Å². The lowest BCUT2D eigenvalue weighted by molar-refractivity contribution is 0.242. The maximum Gasteiger partial charge on any atom is 0.146 e. The van der Waals surface area contributed by atoms with Gasteiger partial charge < -0.3 is 10.6 Å². The van der Waals surface area contributed by atoms with Gasteiger partial charge in [-0.25, -0.2) is 4.39 Å². The minimum atomic E-state index is -0.109. The van der Waals surface area contributed by atoms with E-state index in [0.717, 1.165) is 23.7 Å². The lowest BCUT2D eigenvalue weighted by atomic mass is 9.78. The van der Waals surface area contributed by atoms with Gasteiger partial charge in [0, 0.05) is 18.6 Å². The van der Waals surface area contributed by atoms with Crippen LogP contribution in [0.2, 0.25) is 0 Å². The Hall–Kier alpha value is -1.09. The van der Waals surface area contributed by atoms with Crippen molar-refractivity contribution in [2.45, 2.75) is 57.5 Å². The molecule has 1 aliphatic carbocycles. The monoisotopic (exact) mass is 276 g/mol. The Kier molecular flexibility index (Phi) is 3.97. The van der Waals surface area contributed by atoms with Crippen molar-refractivity contribution < 1.29 is 4.39 Å². The Morgan fingerprint density at radius 1 is 1.20 bits per heavy atom. The van der Waals surface area contributed by atoms with E-state index in [4.69, 9.17) is 5.73 Å². The number of anilines is 1. The van der Waals surface area contributed by atoms with Gasteiger partial charge in [0.05, 0.1) is 5.69 Å². The summed E-state index contributed by atoms with van der Waals surface area (Å²) in [6.45, 7) is 2.89. The highest BCUT2D eigenvalue weighted by atomic mass is 19.1. The van der Waals surface area contributed by atoms with Gasteiger partial charge in [0.15, 0.2) is 0 Å². The summed E-state index contributed by atoms with van der Waals surface area (Å²) in [6.07, 6.45) is 7.69. The quantitative estimate of drug-likeness (QED) is 0.884. The molecule has 2 fully saturated rings. The predicted octanol–water partition coefficient (Wildman–Crippen LogP) is 4.00. The van der Waals surface area contributed by atoms with Gasteiger partial charge in [0.25, 0.3) is 0 Å². The maximum absolute atomic E-state index is 14.5. The largest absolute Gasteiger partial charge is 0.366 e. The van der Waals surface area contributed by atoms with Crippen molar-refractivity contribution in [2.75, 3.05) is 11.4 Å². The number of halogens is 1. The van der Waals surface area contributed by atoms with Gasteiger partial charge in [-0.1, -0.05) is 18.9 Å². The van der Waals surface area contributed by atoms with E-state index in [0.29, 0.717) is 6.04 Å². The molecule has 0 bridgehead atoms. The van der Waals surface area contributed by atoms with Crippen LogP contribution in [0, 0.1) is 11.7 Å². The minimum absolute atomic E-state index is 0.106. The number of benzene rings is 1. The molecule has 1 heterocycles. The van der Waals surface area contributed by atoms with Gasteiger partial charge >= 0.3 is 0 Å². The molecule has 20 heavy (non-hydrogen) atoms. The third-order valence-corrected chi connectivity index (χ3v) is 5.05. The molecule has 3 atom stereocenters. The van der Waals surface area contributed by atoms with Gasteiger partial charge in [-0.15, -0.1) is 0 Å². The smallest absolute Gasteiger partial charge is 0.146 e. The minimum Gasteiger partial charge on any atom is -0.366 e. The van der Waals surface area contributed by atoms with Crippen LogP contribution in [0.3, 0.4) is 0 Å². The summed E-state index contributed by atoms with van der Waals surface area (Å²) < 4.78 is 14.5. The van der Waals surface area contributed by atoms with Crippen LogP contribution in [0.4, 0.5) is 10.1 Å². The zero-order valence-electron chi connectivity index (χ0n) is 12.3. The van der Waals surface area contributed by atoms with E-state index in [9.17, 15) is 4.39 Å². The van der Waals surface area contributed by atoms with Crippen LogP contribution < -0.4 is 10.6 Å². The third-order valence-electron chi connectivity index (χ3n) is 5.05. The predicted molar refractivity (Wildman–Crippen MR) is 81.3 cm³/mol. The molecule has 2 nitrogen and oxygen atoms in total. The third kappa shape index (κ3) is 2.56. The van der Waals surface area contributed by atoms with Gasteiger partial charge in [-0.05, 0) is 56.2 Å². The Labute approximate surface area is 121 Å². The molecule has 0 aromatic heterocycles. The molecule has 0 spiro atoms. The topological polar surface area (TPSA) is 29.3 Å². The number of rotatable bonds is 2. The zero-order chi connectivity index (χ0) is 14.1. The highest BCUT2D eigenvalue weighted by Gasteiger charge is 2.34. The molecule has 2 N–H and O–H groups in total. The number of fused-ring (bicyclic) bond motifs is 1.